The Bertz CT molecular complexity index is 825. The molecule has 0 fully saturated rings. The van der Waals surface area contributed by atoms with Crippen molar-refractivity contribution < 1.29 is 4.74 Å². The first-order valence-corrected chi connectivity index (χ1v) is 9.95. The van der Waals surface area contributed by atoms with Crippen molar-refractivity contribution in [3.8, 4) is 0 Å². The molecule has 0 saturated heterocycles. The van der Waals surface area contributed by atoms with Crippen LogP contribution in [0.3, 0.4) is 0 Å². The molecule has 1 heterocycles. The summed E-state index contributed by atoms with van der Waals surface area (Å²) < 4.78 is 4.68. The Morgan fingerprint density at radius 3 is 2.63 bits per heavy atom. The zero-order chi connectivity index (χ0) is 19.4. The monoisotopic (exact) mass is 465 g/mol. The first-order valence-electron chi connectivity index (χ1n) is 8.06. The smallest absolute Gasteiger partial charge is 0.216 e. The summed E-state index contributed by atoms with van der Waals surface area (Å²) in [7, 11) is 0. The molecular weight excluding hydrogens is 451 g/mol. The van der Waals surface area contributed by atoms with E-state index in [0.717, 1.165) is 11.1 Å². The fourth-order valence-corrected chi connectivity index (χ4v) is 3.53. The number of nitrogens with zero attached hydrogens (tertiary/aromatic N) is 2. The lowest BCUT2D eigenvalue weighted by molar-refractivity contribution is 0.0157. The van der Waals surface area contributed by atoms with Crippen molar-refractivity contribution in [3.63, 3.8) is 0 Å². The summed E-state index contributed by atoms with van der Waals surface area (Å²) in [6, 6.07) is 12.7. The molecular formula is C18H16Cl5N3O. The minimum absolute atomic E-state index is 0.316. The zero-order valence-corrected chi connectivity index (χ0v) is 17.8. The zero-order valence-electron chi connectivity index (χ0n) is 14.0. The Labute approximate surface area is 182 Å². The third-order valence-corrected chi connectivity index (χ3v) is 5.19. The number of ether oxygens (including phenoxy) is 1. The normalized spacial score (nSPS) is 15.1. The van der Waals surface area contributed by atoms with Crippen LogP contribution in [0.4, 0.5) is 0 Å². The fourth-order valence-electron chi connectivity index (χ4n) is 2.65. The molecule has 0 aromatic heterocycles. The molecule has 2 aromatic rings. The van der Waals surface area contributed by atoms with E-state index < -0.39 is 3.79 Å². The lowest BCUT2D eigenvalue weighted by atomic mass is 10.1. The average molecular weight is 468 g/mol. The van der Waals surface area contributed by atoms with Gasteiger partial charge in [0.25, 0.3) is 0 Å². The molecule has 0 radical (unpaired) electrons. The van der Waals surface area contributed by atoms with Gasteiger partial charge >= 0.3 is 0 Å². The van der Waals surface area contributed by atoms with E-state index in [9.17, 15) is 0 Å². The highest BCUT2D eigenvalue weighted by Crippen LogP contribution is 2.38. The van der Waals surface area contributed by atoms with Gasteiger partial charge in [0.2, 0.25) is 3.79 Å². The molecule has 0 saturated carbocycles. The van der Waals surface area contributed by atoms with Crippen LogP contribution in [0.1, 0.15) is 22.8 Å². The molecule has 0 spiro atoms. The molecule has 1 N–H and O–H groups in total. The molecule has 0 amide bonds. The number of hydrazone groups is 1. The van der Waals surface area contributed by atoms with E-state index in [-0.39, 0.29) is 6.10 Å². The van der Waals surface area contributed by atoms with Crippen LogP contribution in [0.2, 0.25) is 10.0 Å². The third kappa shape index (κ3) is 5.80. The molecule has 0 aliphatic carbocycles. The van der Waals surface area contributed by atoms with E-state index in [0.29, 0.717) is 35.4 Å². The molecule has 1 aliphatic heterocycles. The predicted octanol–water partition coefficient (Wildman–Crippen LogP) is 5.88. The summed E-state index contributed by atoms with van der Waals surface area (Å²) in [5.74, 6) is 0. The van der Waals surface area contributed by atoms with Crippen LogP contribution in [0, 0.1) is 0 Å². The summed E-state index contributed by atoms with van der Waals surface area (Å²) in [6.07, 6.45) is 1.33. The maximum atomic E-state index is 6.39. The minimum Gasteiger partial charge on any atom is -0.367 e. The highest BCUT2D eigenvalue weighted by atomic mass is 35.6. The van der Waals surface area contributed by atoms with E-state index in [1.54, 1.807) is 24.5 Å². The number of rotatable bonds is 6. The molecule has 1 unspecified atom stereocenters. The van der Waals surface area contributed by atoms with Gasteiger partial charge in [-0.3, -0.25) is 5.01 Å². The van der Waals surface area contributed by atoms with Gasteiger partial charge in [-0.2, -0.15) is 5.10 Å². The number of hydrogen-bond acceptors (Lipinski definition) is 4. The number of alkyl halides is 3. The van der Waals surface area contributed by atoms with Crippen molar-refractivity contribution >= 4 is 64.3 Å². The van der Waals surface area contributed by atoms with E-state index in [2.05, 4.69) is 10.4 Å². The molecule has 9 heteroatoms. The topological polar surface area (TPSA) is 36.9 Å². The quantitative estimate of drug-likeness (QED) is 0.539. The Hall–Kier alpha value is -0.880. The van der Waals surface area contributed by atoms with E-state index in [1.165, 1.54) is 0 Å². The van der Waals surface area contributed by atoms with Crippen LogP contribution in [-0.4, -0.2) is 24.6 Å². The number of nitrogens with one attached hydrogen (secondary N) is 1. The second-order valence-corrected chi connectivity index (χ2v) is 9.08. The number of hydrogen-bond donors (Lipinski definition) is 1. The molecule has 27 heavy (non-hydrogen) atoms. The molecule has 1 atom stereocenters. The van der Waals surface area contributed by atoms with Gasteiger partial charge in [0, 0.05) is 21.2 Å². The Balaban J connectivity index is 1.78. The maximum Gasteiger partial charge on any atom is 0.216 e. The van der Waals surface area contributed by atoms with Gasteiger partial charge in [-0.15, -0.1) is 0 Å². The Morgan fingerprint density at radius 1 is 1.15 bits per heavy atom. The largest absolute Gasteiger partial charge is 0.367 e. The summed E-state index contributed by atoms with van der Waals surface area (Å²) in [5.41, 5.74) is 2.31. The van der Waals surface area contributed by atoms with Crippen molar-refractivity contribution in [3.05, 3.63) is 69.2 Å². The molecule has 0 bridgehead atoms. The van der Waals surface area contributed by atoms with Crippen LogP contribution in [-0.2, 0) is 15.1 Å². The highest BCUT2D eigenvalue weighted by molar-refractivity contribution is 6.66. The molecule has 144 valence electrons. The number of benzene rings is 2. The fraction of sp³-hybridized carbons (Fsp3) is 0.278. The van der Waals surface area contributed by atoms with E-state index >= 15 is 0 Å². The van der Waals surface area contributed by atoms with E-state index in [4.69, 9.17) is 62.7 Å². The van der Waals surface area contributed by atoms with Crippen LogP contribution in [0.5, 0.6) is 0 Å². The molecule has 1 aliphatic rings. The Morgan fingerprint density at radius 2 is 1.96 bits per heavy atom. The SMILES string of the molecule is Clc1ccc(C(CN2CNC=N2)OCc2cccc(C(Cl)(Cl)Cl)c2)c(Cl)c1. The molecule has 4 nitrogen and oxygen atoms in total. The van der Waals surface area contributed by atoms with Gasteiger partial charge in [-0.25, -0.2) is 0 Å². The summed E-state index contributed by atoms with van der Waals surface area (Å²) >= 11 is 30.3. The van der Waals surface area contributed by atoms with Crippen LogP contribution < -0.4 is 5.32 Å². The minimum atomic E-state index is -1.48. The van der Waals surface area contributed by atoms with Gasteiger partial charge in [0.1, 0.15) is 19.1 Å². The van der Waals surface area contributed by atoms with Gasteiger partial charge in [0.05, 0.1) is 13.2 Å². The molecule has 3 rings (SSSR count). The highest BCUT2D eigenvalue weighted by Gasteiger charge is 2.24. The molecule has 2 aromatic carbocycles. The standard InChI is InChI=1S/C18H16Cl5N3O/c19-14-4-5-15(16(20)7-14)17(8-26-11-24-10-25-26)27-9-12-2-1-3-13(6-12)18(21,22)23/h1-7,10,17H,8-9,11H2,(H,24,25). The maximum absolute atomic E-state index is 6.39. The second-order valence-electron chi connectivity index (χ2n) is 5.96. The summed E-state index contributed by atoms with van der Waals surface area (Å²) in [6.45, 7) is 1.45. The van der Waals surface area contributed by atoms with Crippen LogP contribution in [0.25, 0.3) is 0 Å². The lowest BCUT2D eigenvalue weighted by Gasteiger charge is -2.24. The number of halogens is 5. The van der Waals surface area contributed by atoms with Crippen molar-refractivity contribution in [1.82, 2.24) is 10.3 Å². The van der Waals surface area contributed by atoms with Crippen LogP contribution in [0.15, 0.2) is 47.6 Å². The van der Waals surface area contributed by atoms with Crippen molar-refractivity contribution in [2.45, 2.75) is 16.5 Å². The second kappa shape index (κ2) is 9.08. The third-order valence-electron chi connectivity index (χ3n) is 3.98. The van der Waals surface area contributed by atoms with Gasteiger partial charge in [-0.1, -0.05) is 82.3 Å². The van der Waals surface area contributed by atoms with Gasteiger partial charge < -0.3 is 10.1 Å². The van der Waals surface area contributed by atoms with Gasteiger partial charge in [0.15, 0.2) is 0 Å². The lowest BCUT2D eigenvalue weighted by Crippen LogP contribution is -2.27. The van der Waals surface area contributed by atoms with Crippen LogP contribution >= 0.6 is 58.0 Å². The van der Waals surface area contributed by atoms with E-state index in [1.807, 2.05) is 29.3 Å². The van der Waals surface area contributed by atoms with Crippen molar-refractivity contribution in [2.75, 3.05) is 13.2 Å². The first kappa shape index (κ1) is 20.8. The van der Waals surface area contributed by atoms with Crippen molar-refractivity contribution in [2.24, 2.45) is 5.10 Å². The average Bonchev–Trinajstić information content (AvgIpc) is 3.11. The van der Waals surface area contributed by atoms with Crippen molar-refractivity contribution in [1.29, 1.82) is 0 Å². The first-order chi connectivity index (χ1) is 12.8. The van der Waals surface area contributed by atoms with Gasteiger partial charge in [-0.05, 0) is 23.8 Å². The predicted molar refractivity (Wildman–Crippen MR) is 113 cm³/mol. The Kier molecular flexibility index (Phi) is 7.01. The summed E-state index contributed by atoms with van der Waals surface area (Å²) in [5, 5.41) is 10.2. The summed E-state index contributed by atoms with van der Waals surface area (Å²) in [4.78, 5) is 0.